The number of rotatable bonds is 2. The van der Waals surface area contributed by atoms with Crippen LogP contribution in [0.3, 0.4) is 0 Å². The van der Waals surface area contributed by atoms with Crippen LogP contribution in [-0.4, -0.2) is 31.5 Å². The number of nitrogens with two attached hydrogens (primary N) is 1. The summed E-state index contributed by atoms with van der Waals surface area (Å²) in [5.74, 6) is 0. The molecule has 2 heterocycles. The van der Waals surface area contributed by atoms with Crippen LogP contribution in [0.15, 0.2) is 11.8 Å². The average Bonchev–Trinajstić information content (AvgIpc) is 2.62. The Labute approximate surface area is 91.2 Å². The van der Waals surface area contributed by atoms with Gasteiger partial charge in [-0.25, -0.2) is 0 Å². The number of nitrogens with one attached hydrogen (secondary N) is 2. The van der Waals surface area contributed by atoms with Crippen molar-refractivity contribution in [3.8, 4) is 0 Å². The molecule has 0 radical (unpaired) electrons. The van der Waals surface area contributed by atoms with Crippen molar-refractivity contribution in [1.82, 2.24) is 10.6 Å². The van der Waals surface area contributed by atoms with Gasteiger partial charge in [-0.3, -0.25) is 5.32 Å². The molecule has 2 aliphatic rings. The second kappa shape index (κ2) is 4.51. The smallest absolute Gasteiger partial charge is 0.122 e. The summed E-state index contributed by atoms with van der Waals surface area (Å²) in [7, 11) is 0. The lowest BCUT2D eigenvalue weighted by Crippen LogP contribution is -2.51. The summed E-state index contributed by atoms with van der Waals surface area (Å²) < 4.78 is 5.92. The van der Waals surface area contributed by atoms with Gasteiger partial charge in [-0.2, -0.15) is 0 Å². The molecule has 2 fully saturated rings. The van der Waals surface area contributed by atoms with Gasteiger partial charge in [0.2, 0.25) is 0 Å². The summed E-state index contributed by atoms with van der Waals surface area (Å²) in [6, 6.07) is 0.433. The van der Waals surface area contributed by atoms with E-state index >= 15 is 0 Å². The van der Waals surface area contributed by atoms with Gasteiger partial charge < -0.3 is 15.8 Å². The van der Waals surface area contributed by atoms with Crippen molar-refractivity contribution in [3.05, 3.63) is 11.8 Å². The van der Waals surface area contributed by atoms with Gasteiger partial charge in [-0.1, -0.05) is 5.57 Å². The highest BCUT2D eigenvalue weighted by atomic mass is 16.5. The van der Waals surface area contributed by atoms with Gasteiger partial charge in [0.25, 0.3) is 0 Å². The molecule has 4 heteroatoms. The molecule has 1 spiro atoms. The van der Waals surface area contributed by atoms with Crippen LogP contribution in [0.25, 0.3) is 0 Å². The first-order valence-electron chi connectivity index (χ1n) is 5.74. The van der Waals surface area contributed by atoms with Crippen LogP contribution < -0.4 is 16.4 Å². The Hall–Kier alpha value is -0.580. The summed E-state index contributed by atoms with van der Waals surface area (Å²) in [4.78, 5) is 0. The summed E-state index contributed by atoms with van der Waals surface area (Å²) in [5.41, 5.74) is 6.65. The van der Waals surface area contributed by atoms with Crippen LogP contribution in [0.2, 0.25) is 0 Å². The molecular weight excluding hydrogens is 190 g/mol. The maximum absolute atomic E-state index is 5.92. The third kappa shape index (κ3) is 2.51. The predicted octanol–water partition coefficient (Wildman–Crippen LogP) is 0.307. The Morgan fingerprint density at radius 1 is 1.53 bits per heavy atom. The van der Waals surface area contributed by atoms with E-state index in [4.69, 9.17) is 10.5 Å². The first kappa shape index (κ1) is 10.9. The molecule has 0 amide bonds. The molecule has 0 saturated carbocycles. The number of hydrogen-bond donors (Lipinski definition) is 3. The van der Waals surface area contributed by atoms with E-state index < -0.39 is 0 Å². The van der Waals surface area contributed by atoms with E-state index in [1.54, 1.807) is 6.20 Å². The van der Waals surface area contributed by atoms with Crippen LogP contribution in [0.5, 0.6) is 0 Å². The fourth-order valence-corrected chi connectivity index (χ4v) is 2.40. The van der Waals surface area contributed by atoms with Crippen molar-refractivity contribution < 1.29 is 4.74 Å². The molecule has 0 aromatic heterocycles. The third-order valence-corrected chi connectivity index (χ3v) is 3.29. The highest BCUT2D eigenvalue weighted by Crippen LogP contribution is 2.27. The number of ether oxygens (including phenoxy) is 1. The summed E-state index contributed by atoms with van der Waals surface area (Å²) in [5, 5.41) is 6.96. The second-order valence-electron chi connectivity index (χ2n) is 4.61. The lowest BCUT2D eigenvalue weighted by molar-refractivity contribution is -0.0331. The zero-order valence-corrected chi connectivity index (χ0v) is 9.38. The largest absolute Gasteiger partial charge is 0.405 e. The summed E-state index contributed by atoms with van der Waals surface area (Å²) >= 11 is 0. The van der Waals surface area contributed by atoms with Gasteiger partial charge >= 0.3 is 0 Å². The van der Waals surface area contributed by atoms with E-state index in [0.717, 1.165) is 39.0 Å². The SMILES string of the molecule is C/C(=C\N)CC1COC2(CCNCC2)N1. The molecule has 0 aromatic carbocycles. The van der Waals surface area contributed by atoms with E-state index in [2.05, 4.69) is 17.6 Å². The second-order valence-corrected chi connectivity index (χ2v) is 4.61. The Kier molecular flexibility index (Phi) is 3.29. The average molecular weight is 211 g/mol. The molecule has 1 atom stereocenters. The highest BCUT2D eigenvalue weighted by Gasteiger charge is 2.40. The maximum atomic E-state index is 5.92. The number of piperidine rings is 1. The minimum atomic E-state index is -0.0508. The van der Waals surface area contributed by atoms with Crippen molar-refractivity contribution in [3.63, 3.8) is 0 Å². The third-order valence-electron chi connectivity index (χ3n) is 3.29. The number of hydrogen-bond acceptors (Lipinski definition) is 4. The van der Waals surface area contributed by atoms with E-state index in [0.29, 0.717) is 6.04 Å². The van der Waals surface area contributed by atoms with Crippen LogP contribution in [0.1, 0.15) is 26.2 Å². The van der Waals surface area contributed by atoms with Crippen LogP contribution in [0.4, 0.5) is 0 Å². The molecule has 15 heavy (non-hydrogen) atoms. The van der Waals surface area contributed by atoms with Crippen molar-refractivity contribution in [1.29, 1.82) is 0 Å². The fourth-order valence-electron chi connectivity index (χ4n) is 2.40. The van der Waals surface area contributed by atoms with Gasteiger partial charge in [0.1, 0.15) is 5.72 Å². The summed E-state index contributed by atoms with van der Waals surface area (Å²) in [6.07, 6.45) is 4.81. The topological polar surface area (TPSA) is 59.3 Å². The lowest BCUT2D eigenvalue weighted by Gasteiger charge is -2.33. The van der Waals surface area contributed by atoms with Crippen LogP contribution in [-0.2, 0) is 4.74 Å². The molecule has 0 aromatic rings. The Bertz CT molecular complexity index is 246. The minimum absolute atomic E-state index is 0.0508. The van der Waals surface area contributed by atoms with Gasteiger partial charge in [0, 0.05) is 18.9 Å². The molecular formula is C11H21N3O. The van der Waals surface area contributed by atoms with E-state index in [-0.39, 0.29) is 5.72 Å². The first-order valence-corrected chi connectivity index (χ1v) is 5.74. The van der Waals surface area contributed by atoms with Crippen molar-refractivity contribution in [2.75, 3.05) is 19.7 Å². The van der Waals surface area contributed by atoms with E-state index in [1.165, 1.54) is 5.57 Å². The molecule has 1 unspecified atom stereocenters. The lowest BCUT2D eigenvalue weighted by atomic mass is 10.0. The molecule has 2 saturated heterocycles. The Morgan fingerprint density at radius 2 is 2.27 bits per heavy atom. The monoisotopic (exact) mass is 211 g/mol. The van der Waals surface area contributed by atoms with Crippen LogP contribution in [0, 0.1) is 0 Å². The minimum Gasteiger partial charge on any atom is -0.405 e. The molecule has 2 aliphatic heterocycles. The van der Waals surface area contributed by atoms with Gasteiger partial charge in [-0.05, 0) is 32.6 Å². The summed E-state index contributed by atoms with van der Waals surface area (Å²) in [6.45, 7) is 4.97. The van der Waals surface area contributed by atoms with Gasteiger partial charge in [0.05, 0.1) is 6.61 Å². The predicted molar refractivity (Wildman–Crippen MR) is 60.3 cm³/mol. The molecule has 0 bridgehead atoms. The Balaban J connectivity index is 1.88. The van der Waals surface area contributed by atoms with Crippen molar-refractivity contribution >= 4 is 0 Å². The Morgan fingerprint density at radius 3 is 2.93 bits per heavy atom. The maximum Gasteiger partial charge on any atom is 0.122 e. The molecule has 4 N–H and O–H groups in total. The molecule has 4 nitrogen and oxygen atoms in total. The van der Waals surface area contributed by atoms with E-state index in [9.17, 15) is 0 Å². The highest BCUT2D eigenvalue weighted by molar-refractivity contribution is 5.02. The zero-order valence-electron chi connectivity index (χ0n) is 9.38. The molecule has 2 rings (SSSR count). The zero-order chi connectivity index (χ0) is 10.7. The van der Waals surface area contributed by atoms with E-state index in [1.807, 2.05) is 0 Å². The first-order chi connectivity index (χ1) is 7.24. The fraction of sp³-hybridized carbons (Fsp3) is 0.818. The van der Waals surface area contributed by atoms with Gasteiger partial charge in [0.15, 0.2) is 0 Å². The van der Waals surface area contributed by atoms with Crippen LogP contribution >= 0.6 is 0 Å². The quantitative estimate of drug-likeness (QED) is 0.615. The molecule has 86 valence electrons. The van der Waals surface area contributed by atoms with Gasteiger partial charge in [-0.15, -0.1) is 0 Å². The molecule has 0 aliphatic carbocycles. The van der Waals surface area contributed by atoms with Crippen molar-refractivity contribution in [2.24, 2.45) is 5.73 Å². The standard InChI is InChI=1S/C11H21N3O/c1-9(7-12)6-10-8-15-11(14-10)2-4-13-5-3-11/h7,10,13-14H,2-6,8,12H2,1H3/b9-7+. The normalized spacial score (nSPS) is 31.0. The van der Waals surface area contributed by atoms with Crippen molar-refractivity contribution in [2.45, 2.75) is 38.0 Å².